The van der Waals surface area contributed by atoms with Crippen LogP contribution in [0.3, 0.4) is 0 Å². The third kappa shape index (κ3) is 5.48. The Balaban J connectivity index is 1.29. The van der Waals surface area contributed by atoms with Crippen molar-refractivity contribution in [3.8, 4) is 28.8 Å². The minimum absolute atomic E-state index is 0.00944. The number of carbonyl (C=O) groups is 1. The molecule has 0 atom stereocenters. The van der Waals surface area contributed by atoms with E-state index in [1.165, 1.54) is 17.0 Å². The molecule has 206 valence electrons. The molecular weight excluding hydrogens is 541 g/mol. The van der Waals surface area contributed by atoms with Crippen LogP contribution in [0.2, 0.25) is 0 Å². The molecule has 6 rings (SSSR count). The van der Waals surface area contributed by atoms with E-state index in [2.05, 4.69) is 32.2 Å². The highest BCUT2D eigenvalue weighted by Gasteiger charge is 2.31. The van der Waals surface area contributed by atoms with Crippen molar-refractivity contribution >= 4 is 17.2 Å². The second kappa shape index (κ2) is 10.7. The molecular formula is C32H21F3N6O. The van der Waals surface area contributed by atoms with E-state index in [-0.39, 0.29) is 16.9 Å². The van der Waals surface area contributed by atoms with Crippen molar-refractivity contribution in [2.75, 3.05) is 5.32 Å². The van der Waals surface area contributed by atoms with Crippen molar-refractivity contribution in [1.82, 2.24) is 24.1 Å². The van der Waals surface area contributed by atoms with E-state index in [4.69, 9.17) is 0 Å². The number of halogens is 3. The fourth-order valence-corrected chi connectivity index (χ4v) is 4.37. The van der Waals surface area contributed by atoms with Gasteiger partial charge in [0.15, 0.2) is 5.65 Å². The van der Waals surface area contributed by atoms with Gasteiger partial charge in [-0.1, -0.05) is 42.3 Å². The zero-order valence-corrected chi connectivity index (χ0v) is 22.1. The molecule has 3 heterocycles. The van der Waals surface area contributed by atoms with Crippen molar-refractivity contribution in [2.45, 2.75) is 13.1 Å². The molecule has 0 bridgehead atoms. The maximum Gasteiger partial charge on any atom is 0.416 e. The van der Waals surface area contributed by atoms with E-state index in [1.54, 1.807) is 47.4 Å². The Labute approximate surface area is 238 Å². The Bertz CT molecular complexity index is 2000. The maximum atomic E-state index is 13.8. The summed E-state index contributed by atoms with van der Waals surface area (Å²) in [7, 11) is 0. The zero-order chi connectivity index (χ0) is 29.3. The van der Waals surface area contributed by atoms with E-state index < -0.39 is 17.6 Å². The number of aryl methyl sites for hydroxylation is 1. The summed E-state index contributed by atoms with van der Waals surface area (Å²) >= 11 is 0. The molecule has 0 radical (unpaired) electrons. The average Bonchev–Trinajstić information content (AvgIpc) is 3.65. The predicted octanol–water partition coefficient (Wildman–Crippen LogP) is 6.56. The lowest BCUT2D eigenvalue weighted by Gasteiger charge is -2.14. The highest BCUT2D eigenvalue weighted by Crippen LogP contribution is 2.33. The molecule has 0 saturated carbocycles. The van der Waals surface area contributed by atoms with Gasteiger partial charge in [-0.2, -0.15) is 18.3 Å². The van der Waals surface area contributed by atoms with Crippen LogP contribution >= 0.6 is 0 Å². The molecule has 0 aliphatic rings. The molecule has 7 nitrogen and oxygen atoms in total. The molecule has 6 aromatic rings. The lowest BCUT2D eigenvalue weighted by molar-refractivity contribution is -0.137. The number of imidazole rings is 2. The smallest absolute Gasteiger partial charge is 0.322 e. The largest absolute Gasteiger partial charge is 0.416 e. The summed E-state index contributed by atoms with van der Waals surface area (Å²) < 4.78 is 44.6. The Kier molecular flexibility index (Phi) is 6.76. The molecule has 0 aliphatic carbocycles. The lowest BCUT2D eigenvalue weighted by Crippen LogP contribution is -2.14. The van der Waals surface area contributed by atoms with E-state index >= 15 is 0 Å². The van der Waals surface area contributed by atoms with Crippen LogP contribution in [0.15, 0.2) is 104 Å². The predicted molar refractivity (Wildman–Crippen MR) is 152 cm³/mol. The van der Waals surface area contributed by atoms with Crippen LogP contribution < -0.4 is 5.32 Å². The van der Waals surface area contributed by atoms with Crippen molar-refractivity contribution in [2.24, 2.45) is 0 Å². The first kappa shape index (κ1) is 26.5. The maximum absolute atomic E-state index is 13.8. The molecule has 1 amide bonds. The highest BCUT2D eigenvalue weighted by molar-refractivity contribution is 6.04. The minimum Gasteiger partial charge on any atom is -0.322 e. The second-order valence-electron chi connectivity index (χ2n) is 9.47. The number of alkyl halides is 3. The number of amides is 1. The Morgan fingerprint density at radius 1 is 0.929 bits per heavy atom. The number of rotatable bonds is 4. The van der Waals surface area contributed by atoms with Crippen LogP contribution in [0.1, 0.15) is 32.7 Å². The Morgan fingerprint density at radius 2 is 1.76 bits per heavy atom. The van der Waals surface area contributed by atoms with Gasteiger partial charge in [-0.3, -0.25) is 4.79 Å². The lowest BCUT2D eigenvalue weighted by atomic mass is 10.0. The van der Waals surface area contributed by atoms with Gasteiger partial charge in [0.25, 0.3) is 5.91 Å². The first-order valence-electron chi connectivity index (χ1n) is 12.8. The summed E-state index contributed by atoms with van der Waals surface area (Å²) in [6.45, 7) is 1.85. The fraction of sp³-hybridized carbons (Fsp3) is 0.0625. The average molecular weight is 563 g/mol. The summed E-state index contributed by atoms with van der Waals surface area (Å²) in [4.78, 5) is 21.8. The second-order valence-corrected chi connectivity index (χ2v) is 9.47. The van der Waals surface area contributed by atoms with Gasteiger partial charge in [0.2, 0.25) is 0 Å². The molecule has 3 aromatic heterocycles. The number of anilines is 1. The number of carbonyl (C=O) groups excluding carboxylic acids is 1. The van der Waals surface area contributed by atoms with Crippen molar-refractivity contribution in [3.05, 3.63) is 132 Å². The monoisotopic (exact) mass is 562 g/mol. The molecule has 0 saturated heterocycles. The van der Waals surface area contributed by atoms with Crippen LogP contribution in [0, 0.1) is 18.8 Å². The summed E-state index contributed by atoms with van der Waals surface area (Å²) in [6.07, 6.45) is 1.69. The minimum atomic E-state index is -4.63. The number of hydrogen-bond acceptors (Lipinski definition) is 4. The zero-order valence-electron chi connectivity index (χ0n) is 22.1. The first-order chi connectivity index (χ1) is 20.2. The van der Waals surface area contributed by atoms with Gasteiger partial charge in [-0.05, 0) is 60.9 Å². The number of hydrogen-bond donors (Lipinski definition) is 1. The van der Waals surface area contributed by atoms with Gasteiger partial charge in [0, 0.05) is 40.5 Å². The molecule has 42 heavy (non-hydrogen) atoms. The SMILES string of the molecule is Cc1ccc(C(=O)Nc2cc(-n3cnc(-c4ccccc4)c3)cc(C(F)(F)F)c2)cc1C#Cc1cnc2cccnn12. The Hall–Kier alpha value is -5.69. The first-order valence-corrected chi connectivity index (χ1v) is 12.8. The van der Waals surface area contributed by atoms with Crippen LogP contribution in [0.5, 0.6) is 0 Å². The number of benzene rings is 3. The highest BCUT2D eigenvalue weighted by atomic mass is 19.4. The van der Waals surface area contributed by atoms with E-state index in [0.29, 0.717) is 22.6 Å². The van der Waals surface area contributed by atoms with Crippen LogP contribution in [-0.4, -0.2) is 30.1 Å². The summed E-state index contributed by atoms with van der Waals surface area (Å²) in [5.41, 5.74) is 3.61. The van der Waals surface area contributed by atoms with Gasteiger partial charge in [-0.25, -0.2) is 14.5 Å². The Morgan fingerprint density at radius 3 is 2.57 bits per heavy atom. The van der Waals surface area contributed by atoms with E-state index in [9.17, 15) is 18.0 Å². The van der Waals surface area contributed by atoms with E-state index in [0.717, 1.165) is 23.3 Å². The topological polar surface area (TPSA) is 77.1 Å². The number of nitrogens with zero attached hydrogens (tertiary/aromatic N) is 5. The number of fused-ring (bicyclic) bond motifs is 1. The molecule has 3 aromatic carbocycles. The summed E-state index contributed by atoms with van der Waals surface area (Å²) in [5.74, 6) is 5.51. The van der Waals surface area contributed by atoms with Gasteiger partial charge in [0.05, 0.1) is 23.8 Å². The summed E-state index contributed by atoms with van der Waals surface area (Å²) in [6, 6.07) is 21.2. The third-order valence-electron chi connectivity index (χ3n) is 6.56. The quantitative estimate of drug-likeness (QED) is 0.247. The molecule has 1 N–H and O–H groups in total. The van der Waals surface area contributed by atoms with Gasteiger partial charge < -0.3 is 9.88 Å². The molecule has 0 spiro atoms. The third-order valence-corrected chi connectivity index (χ3v) is 6.56. The fourth-order valence-electron chi connectivity index (χ4n) is 4.37. The van der Waals surface area contributed by atoms with Gasteiger partial charge in [-0.15, -0.1) is 0 Å². The molecule has 0 unspecified atom stereocenters. The van der Waals surface area contributed by atoms with Crippen molar-refractivity contribution in [1.29, 1.82) is 0 Å². The van der Waals surface area contributed by atoms with Crippen LogP contribution in [-0.2, 0) is 6.18 Å². The number of aromatic nitrogens is 5. The molecule has 10 heteroatoms. The molecule has 0 aliphatic heterocycles. The van der Waals surface area contributed by atoms with Gasteiger partial charge >= 0.3 is 6.18 Å². The van der Waals surface area contributed by atoms with Crippen molar-refractivity contribution < 1.29 is 18.0 Å². The van der Waals surface area contributed by atoms with E-state index in [1.807, 2.05) is 43.3 Å². The van der Waals surface area contributed by atoms with Gasteiger partial charge in [0.1, 0.15) is 5.69 Å². The van der Waals surface area contributed by atoms with Crippen LogP contribution in [0.4, 0.5) is 18.9 Å². The molecule has 0 fully saturated rings. The van der Waals surface area contributed by atoms with Crippen LogP contribution in [0.25, 0.3) is 22.6 Å². The summed E-state index contributed by atoms with van der Waals surface area (Å²) in [5, 5.41) is 6.86. The van der Waals surface area contributed by atoms with Crippen molar-refractivity contribution in [3.63, 3.8) is 0 Å². The standard InChI is InChI=1S/C32H21F3N6O/c1-21-9-10-24(14-23(21)11-12-27-18-36-30-8-5-13-38-41(27)30)31(42)39-26-15-25(32(33,34)35)16-28(17-26)40-19-29(37-20-40)22-6-3-2-4-7-22/h2-10,13-20H,1H3,(H,39,42). The number of nitrogens with one attached hydrogen (secondary N) is 1. The normalized spacial score (nSPS) is 11.2.